The quantitative estimate of drug-likeness (QED) is 0.129. The van der Waals surface area contributed by atoms with Gasteiger partial charge in [-0.15, -0.1) is 0 Å². The lowest BCUT2D eigenvalue weighted by Crippen LogP contribution is -2.38. The topological polar surface area (TPSA) is 167 Å². The maximum absolute atomic E-state index is 14.7. The van der Waals surface area contributed by atoms with Crippen molar-refractivity contribution in [3.63, 3.8) is 0 Å². The predicted octanol–water partition coefficient (Wildman–Crippen LogP) is 6.99. The van der Waals surface area contributed by atoms with Crippen molar-refractivity contribution >= 4 is 33.8 Å². The zero-order valence-corrected chi connectivity index (χ0v) is 28.5. The summed E-state index contributed by atoms with van der Waals surface area (Å²) >= 11 is 0. The summed E-state index contributed by atoms with van der Waals surface area (Å²) < 4.78 is 61.7. The van der Waals surface area contributed by atoms with Crippen molar-refractivity contribution in [3.05, 3.63) is 160 Å². The Morgan fingerprint density at radius 3 is 2.15 bits per heavy atom. The molecular weight excluding hydrogens is 710 g/mol. The molecule has 14 heteroatoms. The van der Waals surface area contributed by atoms with Crippen LogP contribution in [0.3, 0.4) is 0 Å². The molecule has 0 spiro atoms. The molecule has 5 aromatic carbocycles. The van der Waals surface area contributed by atoms with Crippen LogP contribution in [0.25, 0.3) is 0 Å². The Morgan fingerprint density at radius 2 is 1.42 bits per heavy atom. The molecule has 1 aliphatic rings. The standard InChI is InChI=1S/C39H30F2N2O9S/c40-25-16-17-33(41)35(19-25)53(50,51)42-36(44)29-20-30(32(39(48)49)21-31(29)38(46)47)37(45)43(34-15-7-10-24-9-4-5-14-28(24)34)22-23-8-6-13-27(18-23)52-26-11-2-1-3-12-26/h1-6,8-9,11-14,16-21,34H,7,10,15,22H2,(H,42,44)(H,46,47)(H,48,49)/t34-/m0/s1. The monoisotopic (exact) mass is 740 g/mol. The first-order valence-electron chi connectivity index (χ1n) is 16.2. The molecule has 1 atom stereocenters. The van der Waals surface area contributed by atoms with Crippen molar-refractivity contribution in [1.29, 1.82) is 0 Å². The Kier molecular flexibility index (Phi) is 10.3. The van der Waals surface area contributed by atoms with Gasteiger partial charge in [0.2, 0.25) is 0 Å². The Labute approximate surface area is 302 Å². The third kappa shape index (κ3) is 7.92. The predicted molar refractivity (Wildman–Crippen MR) is 186 cm³/mol. The summed E-state index contributed by atoms with van der Waals surface area (Å²) in [5.74, 6) is -7.55. The number of carboxylic acids is 2. The zero-order valence-electron chi connectivity index (χ0n) is 27.7. The highest BCUT2D eigenvalue weighted by Gasteiger charge is 2.35. The number of nitrogens with zero attached hydrogens (tertiary/aromatic N) is 1. The Morgan fingerprint density at radius 1 is 0.755 bits per heavy atom. The molecule has 0 heterocycles. The minimum absolute atomic E-state index is 0.0850. The van der Waals surface area contributed by atoms with Gasteiger partial charge in [-0.1, -0.05) is 54.6 Å². The van der Waals surface area contributed by atoms with Gasteiger partial charge in [-0.3, -0.25) is 9.59 Å². The molecule has 5 aromatic rings. The molecule has 53 heavy (non-hydrogen) atoms. The molecule has 0 bridgehead atoms. The van der Waals surface area contributed by atoms with Gasteiger partial charge in [-0.25, -0.2) is 31.5 Å². The maximum atomic E-state index is 14.7. The molecule has 270 valence electrons. The number of carbonyl (C=O) groups is 4. The van der Waals surface area contributed by atoms with E-state index in [0.29, 0.717) is 60.2 Å². The van der Waals surface area contributed by atoms with E-state index in [0.717, 1.165) is 17.5 Å². The average molecular weight is 741 g/mol. The van der Waals surface area contributed by atoms with E-state index < -0.39 is 78.6 Å². The van der Waals surface area contributed by atoms with Crippen LogP contribution in [0.4, 0.5) is 8.78 Å². The number of ether oxygens (including phenoxy) is 1. The summed E-state index contributed by atoms with van der Waals surface area (Å²) in [6, 6.07) is 25.5. The number of hydrogen-bond donors (Lipinski definition) is 3. The second-order valence-electron chi connectivity index (χ2n) is 12.2. The third-order valence-corrected chi connectivity index (χ3v) is 10.1. The van der Waals surface area contributed by atoms with Crippen molar-refractivity contribution in [3.8, 4) is 11.5 Å². The number of benzene rings is 5. The first-order valence-corrected chi connectivity index (χ1v) is 17.7. The number of aryl methyl sites for hydroxylation is 1. The number of carbonyl (C=O) groups excluding carboxylic acids is 2. The van der Waals surface area contributed by atoms with Gasteiger partial charge in [0.05, 0.1) is 28.3 Å². The molecule has 0 aliphatic heterocycles. The molecule has 1 aliphatic carbocycles. The summed E-state index contributed by atoms with van der Waals surface area (Å²) in [6.07, 6.45) is 1.88. The number of fused-ring (bicyclic) bond motifs is 1. The smallest absolute Gasteiger partial charge is 0.336 e. The number of amides is 2. The fourth-order valence-corrected chi connectivity index (χ4v) is 7.35. The van der Waals surface area contributed by atoms with E-state index in [4.69, 9.17) is 4.74 Å². The number of rotatable bonds is 11. The van der Waals surface area contributed by atoms with Gasteiger partial charge in [0, 0.05) is 6.54 Å². The van der Waals surface area contributed by atoms with Gasteiger partial charge in [0.15, 0.2) is 0 Å². The largest absolute Gasteiger partial charge is 0.478 e. The van der Waals surface area contributed by atoms with Crippen LogP contribution in [0.1, 0.15) is 77.0 Å². The fourth-order valence-electron chi connectivity index (χ4n) is 6.29. The molecule has 0 fully saturated rings. The summed E-state index contributed by atoms with van der Waals surface area (Å²) in [7, 11) is -5.13. The van der Waals surface area contributed by atoms with Crippen LogP contribution < -0.4 is 9.46 Å². The van der Waals surface area contributed by atoms with E-state index in [2.05, 4.69) is 0 Å². The first kappa shape index (κ1) is 36.4. The van der Waals surface area contributed by atoms with Crippen molar-refractivity contribution in [2.75, 3.05) is 0 Å². The number of halogens is 2. The molecule has 6 rings (SSSR count). The van der Waals surface area contributed by atoms with Crippen LogP contribution in [0.2, 0.25) is 0 Å². The lowest BCUT2D eigenvalue weighted by atomic mass is 9.86. The Bertz CT molecular complexity index is 2370. The molecular formula is C39H30F2N2O9S. The fraction of sp³-hybridized carbons (Fsp3) is 0.128. The molecule has 11 nitrogen and oxygen atoms in total. The van der Waals surface area contributed by atoms with Crippen molar-refractivity contribution in [2.45, 2.75) is 36.7 Å². The highest BCUT2D eigenvalue weighted by molar-refractivity contribution is 7.90. The number of aromatic carboxylic acids is 2. The van der Waals surface area contributed by atoms with Gasteiger partial charge in [-0.2, -0.15) is 0 Å². The number of hydrogen-bond acceptors (Lipinski definition) is 7. The van der Waals surface area contributed by atoms with Crippen molar-refractivity contribution in [2.24, 2.45) is 0 Å². The Hall–Kier alpha value is -6.41. The number of sulfonamides is 1. The summed E-state index contributed by atoms with van der Waals surface area (Å²) in [6.45, 7) is -0.0850. The third-order valence-electron chi connectivity index (χ3n) is 8.71. The minimum Gasteiger partial charge on any atom is -0.478 e. The second kappa shape index (κ2) is 15.1. The second-order valence-corrected chi connectivity index (χ2v) is 13.8. The van der Waals surface area contributed by atoms with Crippen molar-refractivity contribution in [1.82, 2.24) is 9.62 Å². The van der Waals surface area contributed by atoms with Gasteiger partial charge in [-0.05, 0) is 90.6 Å². The summed E-state index contributed by atoms with van der Waals surface area (Å²) in [4.78, 5) is 53.3. The minimum atomic E-state index is -5.13. The lowest BCUT2D eigenvalue weighted by molar-refractivity contribution is 0.0613. The van der Waals surface area contributed by atoms with E-state index >= 15 is 0 Å². The van der Waals surface area contributed by atoms with Crippen LogP contribution in [-0.4, -0.2) is 47.3 Å². The van der Waals surface area contributed by atoms with Gasteiger partial charge >= 0.3 is 11.9 Å². The zero-order chi connectivity index (χ0) is 37.9. The van der Waals surface area contributed by atoms with Gasteiger partial charge < -0.3 is 19.8 Å². The van der Waals surface area contributed by atoms with Crippen LogP contribution in [0, 0.1) is 11.6 Å². The van der Waals surface area contributed by atoms with Crippen molar-refractivity contribution < 1.29 is 51.3 Å². The first-order chi connectivity index (χ1) is 25.3. The molecule has 0 aromatic heterocycles. The number of carboxylic acid groups (broad SMARTS) is 2. The summed E-state index contributed by atoms with van der Waals surface area (Å²) in [5.41, 5.74) is -0.864. The molecule has 0 saturated carbocycles. The highest BCUT2D eigenvalue weighted by atomic mass is 32.2. The van der Waals surface area contributed by atoms with Crippen LogP contribution in [-0.2, 0) is 23.0 Å². The number of para-hydroxylation sites is 1. The molecule has 0 saturated heterocycles. The van der Waals surface area contributed by atoms with Gasteiger partial charge in [0.25, 0.3) is 21.8 Å². The molecule has 2 amide bonds. The molecule has 0 radical (unpaired) electrons. The van der Waals surface area contributed by atoms with E-state index in [1.807, 2.05) is 30.3 Å². The van der Waals surface area contributed by atoms with Crippen LogP contribution in [0.15, 0.2) is 114 Å². The van der Waals surface area contributed by atoms with E-state index in [9.17, 15) is 46.6 Å². The average Bonchev–Trinajstić information content (AvgIpc) is 3.14. The normalized spacial score (nSPS) is 13.7. The van der Waals surface area contributed by atoms with Crippen LogP contribution in [0.5, 0.6) is 11.5 Å². The Balaban J connectivity index is 1.45. The number of nitrogens with one attached hydrogen (secondary N) is 1. The van der Waals surface area contributed by atoms with Crippen LogP contribution >= 0.6 is 0 Å². The van der Waals surface area contributed by atoms with E-state index in [1.165, 1.54) is 9.62 Å². The van der Waals surface area contributed by atoms with Gasteiger partial charge in [0.1, 0.15) is 28.0 Å². The SMILES string of the molecule is O=C(O)c1cc(C(=O)O)c(C(=O)N(Cc2cccc(Oc3ccccc3)c2)[C@H]2CCCc3ccccc32)cc1C(=O)NS(=O)(=O)c1cc(F)ccc1F. The lowest BCUT2D eigenvalue weighted by Gasteiger charge is -2.36. The van der Waals surface area contributed by atoms with E-state index in [1.54, 1.807) is 48.5 Å². The summed E-state index contributed by atoms with van der Waals surface area (Å²) in [5, 5.41) is 20.2. The highest BCUT2D eigenvalue weighted by Crippen LogP contribution is 2.37. The maximum Gasteiger partial charge on any atom is 0.336 e. The van der Waals surface area contributed by atoms with E-state index in [-0.39, 0.29) is 6.54 Å². The molecule has 3 N–H and O–H groups in total. The molecule has 0 unspecified atom stereocenters.